The van der Waals surface area contributed by atoms with Crippen LogP contribution >= 0.6 is 0 Å². The average Bonchev–Trinajstić information content (AvgIpc) is 3.15. The number of nitrogens with one attached hydrogen (secondary N) is 1. The van der Waals surface area contributed by atoms with Crippen LogP contribution < -0.4 is 10.1 Å². The molecule has 0 fully saturated rings. The van der Waals surface area contributed by atoms with E-state index in [0.29, 0.717) is 18.0 Å². The average molecular weight is 371 g/mol. The lowest BCUT2D eigenvalue weighted by molar-refractivity contribution is 0.0991. The Labute approximate surface area is 151 Å². The fraction of sp³-hybridized carbons (Fsp3) is 0.105. The van der Waals surface area contributed by atoms with E-state index in [1.54, 1.807) is 42.5 Å². The maximum absolute atomic E-state index is 12.5. The second-order valence-corrected chi connectivity index (χ2v) is 7.23. The molecule has 3 aromatic rings. The number of anilines is 1. The van der Waals surface area contributed by atoms with Gasteiger partial charge in [-0.1, -0.05) is 18.2 Å². The third-order valence-electron chi connectivity index (χ3n) is 3.55. The number of carbonyl (C=O) groups excluding carboxylic acids is 1. The predicted octanol–water partition coefficient (Wildman–Crippen LogP) is 3.76. The molecule has 134 valence electrons. The Hall–Kier alpha value is -3.06. The van der Waals surface area contributed by atoms with Crippen LogP contribution in [0.3, 0.4) is 0 Å². The molecule has 1 aromatic heterocycles. The van der Waals surface area contributed by atoms with Crippen LogP contribution in [0.2, 0.25) is 0 Å². The lowest BCUT2D eigenvalue weighted by atomic mass is 10.3. The highest BCUT2D eigenvalue weighted by atomic mass is 32.2. The molecule has 0 aliphatic heterocycles. The van der Waals surface area contributed by atoms with E-state index in [1.807, 2.05) is 6.92 Å². The van der Waals surface area contributed by atoms with Gasteiger partial charge >= 0.3 is 0 Å². The van der Waals surface area contributed by atoms with Gasteiger partial charge in [-0.3, -0.25) is 4.79 Å². The Kier molecular flexibility index (Phi) is 5.09. The molecule has 0 atom stereocenters. The molecular formula is C19H17NO5S. The lowest BCUT2D eigenvalue weighted by Crippen LogP contribution is -2.11. The van der Waals surface area contributed by atoms with E-state index in [0.717, 1.165) is 0 Å². The number of carbonyl (C=O) groups is 1. The second-order valence-electron chi connectivity index (χ2n) is 5.35. The molecule has 0 bridgehead atoms. The Morgan fingerprint density at radius 1 is 1.00 bits per heavy atom. The highest BCUT2D eigenvalue weighted by molar-refractivity contribution is 7.91. The van der Waals surface area contributed by atoms with E-state index in [9.17, 15) is 13.2 Å². The molecule has 0 radical (unpaired) electrons. The number of benzene rings is 2. The molecule has 3 rings (SSSR count). The summed E-state index contributed by atoms with van der Waals surface area (Å²) in [6, 6.07) is 17.3. The van der Waals surface area contributed by atoms with Gasteiger partial charge in [0, 0.05) is 5.69 Å². The summed E-state index contributed by atoms with van der Waals surface area (Å²) >= 11 is 0. The second kappa shape index (κ2) is 7.45. The molecule has 1 N–H and O–H groups in total. The molecule has 0 saturated carbocycles. The summed E-state index contributed by atoms with van der Waals surface area (Å²) in [6.45, 7) is 2.43. The highest BCUT2D eigenvalue weighted by Crippen LogP contribution is 2.23. The van der Waals surface area contributed by atoms with Crippen molar-refractivity contribution in [2.75, 3.05) is 11.9 Å². The number of ether oxygens (including phenoxy) is 1. The van der Waals surface area contributed by atoms with Gasteiger partial charge in [0.1, 0.15) is 5.75 Å². The Bertz CT molecular complexity index is 992. The van der Waals surface area contributed by atoms with E-state index >= 15 is 0 Å². The van der Waals surface area contributed by atoms with Gasteiger partial charge < -0.3 is 14.5 Å². The van der Waals surface area contributed by atoms with Gasteiger partial charge in [-0.2, -0.15) is 0 Å². The van der Waals surface area contributed by atoms with Gasteiger partial charge in [-0.05, 0) is 55.5 Å². The van der Waals surface area contributed by atoms with Crippen molar-refractivity contribution in [2.24, 2.45) is 0 Å². The number of hydrogen-bond acceptors (Lipinski definition) is 5. The van der Waals surface area contributed by atoms with Crippen LogP contribution in [0, 0.1) is 0 Å². The SMILES string of the molecule is CCOc1ccc(NC(=O)c2ccc(S(=O)(=O)c3ccccc3)o2)cc1. The number of hydrogen-bond donors (Lipinski definition) is 1. The number of furan rings is 1. The first-order valence-corrected chi connectivity index (χ1v) is 9.43. The van der Waals surface area contributed by atoms with E-state index in [4.69, 9.17) is 9.15 Å². The minimum absolute atomic E-state index is 0.0895. The lowest BCUT2D eigenvalue weighted by Gasteiger charge is -2.06. The van der Waals surface area contributed by atoms with Crippen LogP contribution in [0.1, 0.15) is 17.5 Å². The van der Waals surface area contributed by atoms with Gasteiger partial charge in [-0.15, -0.1) is 0 Å². The van der Waals surface area contributed by atoms with Crippen LogP contribution in [0.25, 0.3) is 0 Å². The minimum atomic E-state index is -3.80. The molecule has 6 nitrogen and oxygen atoms in total. The summed E-state index contributed by atoms with van der Waals surface area (Å²) in [4.78, 5) is 12.4. The third-order valence-corrected chi connectivity index (χ3v) is 5.19. The fourth-order valence-electron chi connectivity index (χ4n) is 2.30. The monoisotopic (exact) mass is 371 g/mol. The standard InChI is InChI=1S/C19H17NO5S/c1-2-24-15-10-8-14(9-11-15)20-19(21)17-12-13-18(25-17)26(22,23)16-6-4-3-5-7-16/h3-13H,2H2,1H3,(H,20,21). The minimum Gasteiger partial charge on any atom is -0.494 e. The summed E-state index contributed by atoms with van der Waals surface area (Å²) in [6.07, 6.45) is 0. The Balaban J connectivity index is 1.76. The van der Waals surface area contributed by atoms with Crippen molar-refractivity contribution >= 4 is 21.4 Å². The first kappa shape index (κ1) is 17.8. The summed E-state index contributed by atoms with van der Waals surface area (Å²) < 4.78 is 35.6. The molecule has 0 unspecified atom stereocenters. The zero-order chi connectivity index (χ0) is 18.6. The molecule has 0 aliphatic carbocycles. The van der Waals surface area contributed by atoms with E-state index < -0.39 is 15.7 Å². The number of sulfone groups is 1. The summed E-state index contributed by atoms with van der Waals surface area (Å²) in [5, 5.41) is 2.37. The van der Waals surface area contributed by atoms with Crippen LogP contribution in [0.15, 0.2) is 81.1 Å². The summed E-state index contributed by atoms with van der Waals surface area (Å²) in [5.41, 5.74) is 0.544. The predicted molar refractivity (Wildman–Crippen MR) is 96.2 cm³/mol. The van der Waals surface area contributed by atoms with Gasteiger partial charge in [-0.25, -0.2) is 8.42 Å². The van der Waals surface area contributed by atoms with Crippen LogP contribution in [0.4, 0.5) is 5.69 Å². The van der Waals surface area contributed by atoms with Crippen molar-refractivity contribution in [3.8, 4) is 5.75 Å². The molecular weight excluding hydrogens is 354 g/mol. The van der Waals surface area contributed by atoms with Crippen molar-refractivity contribution in [3.05, 3.63) is 72.5 Å². The largest absolute Gasteiger partial charge is 0.494 e. The van der Waals surface area contributed by atoms with Gasteiger partial charge in [0.25, 0.3) is 5.91 Å². The maximum Gasteiger partial charge on any atom is 0.291 e. The van der Waals surface area contributed by atoms with Crippen LogP contribution in [0.5, 0.6) is 5.75 Å². The van der Waals surface area contributed by atoms with Crippen molar-refractivity contribution in [2.45, 2.75) is 16.9 Å². The van der Waals surface area contributed by atoms with E-state index in [-0.39, 0.29) is 15.7 Å². The van der Waals surface area contributed by atoms with Gasteiger partial charge in [0.15, 0.2) is 5.76 Å². The molecule has 7 heteroatoms. The summed E-state index contributed by atoms with van der Waals surface area (Å²) in [7, 11) is -3.80. The first-order chi connectivity index (χ1) is 12.5. The van der Waals surface area contributed by atoms with Crippen molar-refractivity contribution < 1.29 is 22.4 Å². The number of rotatable bonds is 6. The zero-order valence-electron chi connectivity index (χ0n) is 14.0. The fourth-order valence-corrected chi connectivity index (χ4v) is 3.49. The van der Waals surface area contributed by atoms with E-state index in [2.05, 4.69) is 5.32 Å². The van der Waals surface area contributed by atoms with Gasteiger partial charge in [0.2, 0.25) is 14.9 Å². The van der Waals surface area contributed by atoms with Crippen LogP contribution in [-0.4, -0.2) is 20.9 Å². The van der Waals surface area contributed by atoms with Crippen LogP contribution in [-0.2, 0) is 9.84 Å². The maximum atomic E-state index is 12.5. The molecule has 2 aromatic carbocycles. The van der Waals surface area contributed by atoms with Crippen molar-refractivity contribution in [1.82, 2.24) is 0 Å². The Morgan fingerprint density at radius 2 is 1.69 bits per heavy atom. The van der Waals surface area contributed by atoms with Crippen molar-refractivity contribution in [3.63, 3.8) is 0 Å². The molecule has 0 spiro atoms. The Morgan fingerprint density at radius 3 is 2.35 bits per heavy atom. The molecule has 0 aliphatic rings. The normalized spacial score (nSPS) is 11.1. The third kappa shape index (κ3) is 3.78. The first-order valence-electron chi connectivity index (χ1n) is 7.95. The number of amides is 1. The molecule has 1 heterocycles. The zero-order valence-corrected chi connectivity index (χ0v) is 14.8. The van der Waals surface area contributed by atoms with Crippen molar-refractivity contribution in [1.29, 1.82) is 0 Å². The quantitative estimate of drug-likeness (QED) is 0.713. The van der Waals surface area contributed by atoms with Gasteiger partial charge in [0.05, 0.1) is 11.5 Å². The van der Waals surface area contributed by atoms with E-state index in [1.165, 1.54) is 24.3 Å². The smallest absolute Gasteiger partial charge is 0.291 e. The topological polar surface area (TPSA) is 85.6 Å². The molecule has 1 amide bonds. The molecule has 26 heavy (non-hydrogen) atoms. The molecule has 0 saturated heterocycles. The summed E-state index contributed by atoms with van der Waals surface area (Å²) in [5.74, 6) is 0.0665. The highest BCUT2D eigenvalue weighted by Gasteiger charge is 2.23.